The number of nitriles is 1. The number of thioether (sulfide) groups is 1. The van der Waals surface area contributed by atoms with Crippen LogP contribution in [0.1, 0.15) is 50.7 Å². The van der Waals surface area contributed by atoms with Gasteiger partial charge in [0.05, 0.1) is 16.8 Å². The zero-order valence-corrected chi connectivity index (χ0v) is 16.2. The zero-order valence-electron chi connectivity index (χ0n) is 15.4. The summed E-state index contributed by atoms with van der Waals surface area (Å²) in [5.41, 5.74) is 2.63. The van der Waals surface area contributed by atoms with Crippen LogP contribution in [0.3, 0.4) is 0 Å². The molecule has 1 heterocycles. The Kier molecular flexibility index (Phi) is 6.16. The molecule has 2 aromatic rings. The van der Waals surface area contributed by atoms with E-state index < -0.39 is 0 Å². The molecule has 0 radical (unpaired) electrons. The fourth-order valence-corrected chi connectivity index (χ4v) is 4.31. The third-order valence-corrected chi connectivity index (χ3v) is 6.16. The van der Waals surface area contributed by atoms with E-state index in [9.17, 15) is 10.1 Å². The smallest absolute Gasteiger partial charge is 0.230 e. The van der Waals surface area contributed by atoms with Gasteiger partial charge in [0.25, 0.3) is 0 Å². The van der Waals surface area contributed by atoms with Crippen molar-refractivity contribution in [2.24, 2.45) is 5.92 Å². The van der Waals surface area contributed by atoms with Crippen molar-refractivity contribution < 1.29 is 4.79 Å². The lowest BCUT2D eigenvalue weighted by Gasteiger charge is -2.29. The first-order valence-corrected chi connectivity index (χ1v) is 10.3. The number of carbonyl (C=O) groups is 1. The highest BCUT2D eigenvalue weighted by molar-refractivity contribution is 8.00. The minimum atomic E-state index is 0.0286. The van der Waals surface area contributed by atoms with Crippen molar-refractivity contribution in [3.8, 4) is 6.07 Å². The van der Waals surface area contributed by atoms with E-state index in [4.69, 9.17) is 0 Å². The van der Waals surface area contributed by atoms with Gasteiger partial charge in [-0.15, -0.1) is 0 Å². The van der Waals surface area contributed by atoms with E-state index in [0.717, 1.165) is 23.7 Å². The number of rotatable bonds is 5. The fourth-order valence-electron chi connectivity index (χ4n) is 3.53. The Hall–Kier alpha value is -2.06. The van der Waals surface area contributed by atoms with Gasteiger partial charge < -0.3 is 5.32 Å². The van der Waals surface area contributed by atoms with Gasteiger partial charge in [0, 0.05) is 11.4 Å². The van der Waals surface area contributed by atoms with E-state index in [0.29, 0.717) is 22.3 Å². The van der Waals surface area contributed by atoms with Gasteiger partial charge >= 0.3 is 0 Å². The van der Waals surface area contributed by atoms with Crippen LogP contribution in [0, 0.1) is 17.2 Å². The first kappa shape index (κ1) is 18.7. The van der Waals surface area contributed by atoms with Crippen molar-refractivity contribution in [2.45, 2.75) is 57.0 Å². The number of fused-ring (bicyclic) bond motifs is 1. The number of pyridine rings is 1. The molecule has 0 saturated heterocycles. The molecule has 1 aliphatic carbocycles. The van der Waals surface area contributed by atoms with Gasteiger partial charge in [0.15, 0.2) is 0 Å². The third kappa shape index (κ3) is 4.37. The van der Waals surface area contributed by atoms with Gasteiger partial charge in [-0.05, 0) is 48.9 Å². The minimum Gasteiger partial charge on any atom is -0.352 e. The third-order valence-electron chi connectivity index (χ3n) is 5.17. The lowest BCUT2D eigenvalue weighted by atomic mass is 9.86. The first-order chi connectivity index (χ1) is 12.6. The van der Waals surface area contributed by atoms with E-state index >= 15 is 0 Å². The van der Waals surface area contributed by atoms with Crippen LogP contribution in [0.15, 0.2) is 29.3 Å². The summed E-state index contributed by atoms with van der Waals surface area (Å²) in [4.78, 5) is 16.9. The molecule has 1 saturated carbocycles. The Morgan fingerprint density at radius 1 is 1.35 bits per heavy atom. The average Bonchev–Trinajstić information content (AvgIpc) is 2.67. The van der Waals surface area contributed by atoms with Crippen molar-refractivity contribution in [3.05, 3.63) is 35.4 Å². The molecule has 1 fully saturated rings. The summed E-state index contributed by atoms with van der Waals surface area (Å²) in [5, 5.41) is 14.2. The van der Waals surface area contributed by atoms with Gasteiger partial charge in [-0.3, -0.25) is 4.79 Å². The lowest BCUT2D eigenvalue weighted by molar-refractivity contribution is -0.119. The molecule has 1 aromatic heterocycles. The van der Waals surface area contributed by atoms with Crippen LogP contribution >= 0.6 is 11.8 Å². The fraction of sp³-hybridized carbons (Fsp3) is 0.476. The van der Waals surface area contributed by atoms with Crippen molar-refractivity contribution in [3.63, 3.8) is 0 Å². The maximum absolute atomic E-state index is 12.3. The van der Waals surface area contributed by atoms with Crippen molar-refractivity contribution in [2.75, 3.05) is 5.75 Å². The van der Waals surface area contributed by atoms with Gasteiger partial charge in [0.2, 0.25) is 5.91 Å². The molecule has 0 spiro atoms. The summed E-state index contributed by atoms with van der Waals surface area (Å²) < 4.78 is 0. The van der Waals surface area contributed by atoms with Crippen LogP contribution in [-0.2, 0) is 11.2 Å². The van der Waals surface area contributed by atoms with E-state index in [1.54, 1.807) is 0 Å². The summed E-state index contributed by atoms with van der Waals surface area (Å²) in [6.45, 7) is 4.32. The second-order valence-corrected chi connectivity index (χ2v) is 8.02. The number of hydrogen-bond donors (Lipinski definition) is 1. The molecule has 4 nitrogen and oxygen atoms in total. The van der Waals surface area contributed by atoms with Crippen molar-refractivity contribution in [1.29, 1.82) is 5.26 Å². The summed E-state index contributed by atoms with van der Waals surface area (Å²) in [6, 6.07) is 10.5. The van der Waals surface area contributed by atoms with Crippen LogP contribution in [0.25, 0.3) is 10.9 Å². The molecule has 26 heavy (non-hydrogen) atoms. The highest BCUT2D eigenvalue weighted by Gasteiger charge is 2.23. The number of carbonyl (C=O) groups excluding carboxylic acids is 1. The molecule has 1 aliphatic rings. The quantitative estimate of drug-likeness (QED) is 0.793. The Labute approximate surface area is 159 Å². The van der Waals surface area contributed by atoms with Crippen molar-refractivity contribution >= 4 is 28.6 Å². The molecule has 1 amide bonds. The van der Waals surface area contributed by atoms with Crippen LogP contribution < -0.4 is 5.32 Å². The standard InChI is InChI=1S/C21H25N3OS/c1-3-15-8-9-19-16(10-15)11-17(12-22)21(24-19)26-13-20(25)23-18-7-5-4-6-14(18)2/h8-11,14,18H,3-7,13H2,1-2H3,(H,23,25)/t14-,18+/m0/s1. The highest BCUT2D eigenvalue weighted by atomic mass is 32.2. The molecule has 0 unspecified atom stereocenters. The molecule has 3 rings (SSSR count). The van der Waals surface area contributed by atoms with Crippen LogP contribution in [-0.4, -0.2) is 22.7 Å². The first-order valence-electron chi connectivity index (χ1n) is 9.36. The van der Waals surface area contributed by atoms with E-state index in [1.807, 2.05) is 12.1 Å². The number of nitrogens with zero attached hydrogens (tertiary/aromatic N) is 2. The Bertz CT molecular complexity index is 843. The Morgan fingerprint density at radius 2 is 2.15 bits per heavy atom. The number of aromatic nitrogens is 1. The number of aryl methyl sites for hydroxylation is 1. The number of benzene rings is 1. The molecular formula is C21H25N3OS. The zero-order chi connectivity index (χ0) is 18.5. The normalized spacial score (nSPS) is 19.9. The number of hydrogen-bond acceptors (Lipinski definition) is 4. The maximum atomic E-state index is 12.3. The van der Waals surface area contributed by atoms with Gasteiger partial charge in [-0.2, -0.15) is 5.26 Å². The average molecular weight is 368 g/mol. The van der Waals surface area contributed by atoms with Gasteiger partial charge in [0.1, 0.15) is 11.1 Å². The Balaban J connectivity index is 1.69. The molecule has 136 valence electrons. The molecule has 2 atom stereocenters. The second-order valence-electron chi connectivity index (χ2n) is 7.06. The summed E-state index contributed by atoms with van der Waals surface area (Å²) in [6.07, 6.45) is 5.65. The molecule has 1 aromatic carbocycles. The van der Waals surface area contributed by atoms with Gasteiger partial charge in [-0.25, -0.2) is 4.98 Å². The highest BCUT2D eigenvalue weighted by Crippen LogP contribution is 2.26. The number of nitrogens with one attached hydrogen (secondary N) is 1. The lowest BCUT2D eigenvalue weighted by Crippen LogP contribution is -2.41. The topological polar surface area (TPSA) is 65.8 Å². The van der Waals surface area contributed by atoms with E-state index in [-0.39, 0.29) is 11.9 Å². The SMILES string of the molecule is CCc1ccc2nc(SCC(=O)N[C@@H]3CCCC[C@@H]3C)c(C#N)cc2c1. The maximum Gasteiger partial charge on any atom is 0.230 e. The van der Waals surface area contributed by atoms with E-state index in [2.05, 4.69) is 42.4 Å². The largest absolute Gasteiger partial charge is 0.352 e. The summed E-state index contributed by atoms with van der Waals surface area (Å²) >= 11 is 1.35. The molecule has 0 bridgehead atoms. The molecule has 1 N–H and O–H groups in total. The van der Waals surface area contributed by atoms with E-state index in [1.165, 1.54) is 36.6 Å². The number of amides is 1. The minimum absolute atomic E-state index is 0.0286. The monoisotopic (exact) mass is 367 g/mol. The predicted octanol–water partition coefficient (Wildman–Crippen LogP) is 4.46. The molecule has 0 aliphatic heterocycles. The van der Waals surface area contributed by atoms with Crippen LogP contribution in [0.2, 0.25) is 0 Å². The van der Waals surface area contributed by atoms with Gasteiger partial charge in [-0.1, -0.05) is 44.5 Å². The van der Waals surface area contributed by atoms with Crippen LogP contribution in [0.5, 0.6) is 0 Å². The predicted molar refractivity (Wildman–Crippen MR) is 106 cm³/mol. The summed E-state index contributed by atoms with van der Waals surface area (Å²) in [5.74, 6) is 0.864. The molecular weight excluding hydrogens is 342 g/mol. The molecule has 5 heteroatoms. The second kappa shape index (κ2) is 8.55. The van der Waals surface area contributed by atoms with Crippen molar-refractivity contribution in [1.82, 2.24) is 10.3 Å². The summed E-state index contributed by atoms with van der Waals surface area (Å²) in [7, 11) is 0. The van der Waals surface area contributed by atoms with Crippen LogP contribution in [0.4, 0.5) is 0 Å². The Morgan fingerprint density at radius 3 is 2.88 bits per heavy atom.